The zero-order valence-electron chi connectivity index (χ0n) is 16.8. The first-order valence-electron chi connectivity index (χ1n) is 9.19. The van der Waals surface area contributed by atoms with Gasteiger partial charge in [-0.25, -0.2) is 4.79 Å². The van der Waals surface area contributed by atoms with Gasteiger partial charge in [-0.15, -0.1) is 0 Å². The molecule has 0 bridgehead atoms. The number of rotatable bonds is 11. The van der Waals surface area contributed by atoms with Gasteiger partial charge in [-0.3, -0.25) is 9.59 Å². The number of aliphatic carboxylic acids is 1. The number of aliphatic hydroxyl groups is 1. The highest BCUT2D eigenvalue weighted by atomic mass is 16.5. The second-order valence-corrected chi connectivity index (χ2v) is 6.42. The van der Waals surface area contributed by atoms with Crippen LogP contribution in [0.15, 0.2) is 48.6 Å². The van der Waals surface area contributed by atoms with E-state index in [4.69, 9.17) is 19.7 Å². The number of hydrogen-bond donors (Lipinski definition) is 3. The van der Waals surface area contributed by atoms with Crippen LogP contribution in [0.1, 0.15) is 23.1 Å². The van der Waals surface area contributed by atoms with Crippen molar-refractivity contribution in [2.24, 2.45) is 0 Å². The van der Waals surface area contributed by atoms with Gasteiger partial charge in [0.05, 0.1) is 20.1 Å². The van der Waals surface area contributed by atoms with E-state index in [1.807, 2.05) is 0 Å². The number of phenols is 1. The van der Waals surface area contributed by atoms with Crippen LogP contribution in [0.25, 0.3) is 12.2 Å². The summed E-state index contributed by atoms with van der Waals surface area (Å²) in [5.74, 6) is -1.39. The van der Waals surface area contributed by atoms with Crippen LogP contribution in [0.3, 0.4) is 0 Å². The van der Waals surface area contributed by atoms with Gasteiger partial charge in [0.2, 0.25) is 0 Å². The third kappa shape index (κ3) is 7.45. The Kier molecular flexibility index (Phi) is 8.53. The molecule has 8 nitrogen and oxygen atoms in total. The predicted molar refractivity (Wildman–Crippen MR) is 113 cm³/mol. The third-order valence-electron chi connectivity index (χ3n) is 4.08. The van der Waals surface area contributed by atoms with E-state index in [9.17, 15) is 19.5 Å². The van der Waals surface area contributed by atoms with Crippen LogP contribution in [0.2, 0.25) is 0 Å². The molecule has 2 aromatic rings. The maximum atomic E-state index is 12.1. The molecule has 8 heteroatoms. The number of methoxy groups -OCH3 is 1. The quantitative estimate of drug-likeness (QED) is 0.369. The minimum Gasteiger partial charge on any atom is -0.508 e. The lowest BCUT2D eigenvalue weighted by molar-refractivity contribution is -0.139. The summed E-state index contributed by atoms with van der Waals surface area (Å²) in [5, 5.41) is 27.4. The van der Waals surface area contributed by atoms with Crippen LogP contribution in [0.4, 0.5) is 0 Å². The summed E-state index contributed by atoms with van der Waals surface area (Å²) in [4.78, 5) is 34.7. The number of benzene rings is 2. The van der Waals surface area contributed by atoms with Crippen molar-refractivity contribution < 1.29 is 39.2 Å². The number of ether oxygens (including phenoxy) is 2. The molecule has 31 heavy (non-hydrogen) atoms. The fourth-order valence-electron chi connectivity index (χ4n) is 2.55. The van der Waals surface area contributed by atoms with Crippen molar-refractivity contribution in [2.75, 3.05) is 13.7 Å². The van der Waals surface area contributed by atoms with E-state index >= 15 is 0 Å². The Balaban J connectivity index is 1.96. The van der Waals surface area contributed by atoms with Gasteiger partial charge in [-0.1, -0.05) is 24.3 Å². The second-order valence-electron chi connectivity index (χ2n) is 6.42. The molecule has 0 amide bonds. The molecule has 0 aliphatic carbocycles. The van der Waals surface area contributed by atoms with E-state index in [0.717, 1.165) is 0 Å². The standard InChI is InChI=1S/C23H22O8/c1-30-22-11-16(5-9-21(22)31-14-23(28)29)3-7-19(26)12-18(25)6-2-15-4-8-20(27)17(10-15)13-24/h2-11,24,27H,12-14H2,1H3,(H,28,29)/b6-2+,7-3+. The molecule has 0 atom stereocenters. The third-order valence-corrected chi connectivity index (χ3v) is 4.08. The summed E-state index contributed by atoms with van der Waals surface area (Å²) >= 11 is 0. The first kappa shape index (κ1) is 23.4. The van der Waals surface area contributed by atoms with Crippen molar-refractivity contribution >= 4 is 29.7 Å². The number of carbonyl (C=O) groups is 3. The van der Waals surface area contributed by atoms with Gasteiger partial charge in [0, 0.05) is 5.56 Å². The number of hydrogen-bond acceptors (Lipinski definition) is 7. The molecule has 3 N–H and O–H groups in total. The molecule has 0 fully saturated rings. The molecule has 0 aromatic heterocycles. The maximum absolute atomic E-state index is 12.1. The lowest BCUT2D eigenvalue weighted by atomic mass is 10.1. The van der Waals surface area contributed by atoms with Gasteiger partial charge in [-0.2, -0.15) is 0 Å². The smallest absolute Gasteiger partial charge is 0.341 e. The van der Waals surface area contributed by atoms with Crippen LogP contribution in [0.5, 0.6) is 17.2 Å². The topological polar surface area (TPSA) is 130 Å². The average molecular weight is 426 g/mol. The normalized spacial score (nSPS) is 11.0. The van der Waals surface area contributed by atoms with Crippen LogP contribution in [-0.4, -0.2) is 46.6 Å². The van der Waals surface area contributed by atoms with Gasteiger partial charge in [0.15, 0.2) is 29.7 Å². The molecule has 0 spiro atoms. The molecule has 0 aliphatic heterocycles. The lowest BCUT2D eigenvalue weighted by Crippen LogP contribution is -2.10. The molecule has 0 saturated heterocycles. The number of ketones is 2. The summed E-state index contributed by atoms with van der Waals surface area (Å²) in [6.07, 6.45) is 5.21. The molecule has 0 radical (unpaired) electrons. The second kappa shape index (κ2) is 11.3. The van der Waals surface area contributed by atoms with Gasteiger partial charge in [0.25, 0.3) is 0 Å². The van der Waals surface area contributed by atoms with Crippen molar-refractivity contribution in [2.45, 2.75) is 13.0 Å². The fourth-order valence-corrected chi connectivity index (χ4v) is 2.55. The van der Waals surface area contributed by atoms with Crippen molar-refractivity contribution in [3.05, 3.63) is 65.2 Å². The first-order chi connectivity index (χ1) is 14.8. The monoisotopic (exact) mass is 426 g/mol. The molecule has 2 rings (SSSR count). The van der Waals surface area contributed by atoms with Crippen LogP contribution < -0.4 is 9.47 Å². The molecule has 2 aromatic carbocycles. The molecule has 0 heterocycles. The van der Waals surface area contributed by atoms with E-state index in [-0.39, 0.29) is 24.5 Å². The summed E-state index contributed by atoms with van der Waals surface area (Å²) in [5.41, 5.74) is 1.55. The first-order valence-corrected chi connectivity index (χ1v) is 9.19. The highest BCUT2D eigenvalue weighted by molar-refractivity contribution is 6.10. The van der Waals surface area contributed by atoms with Crippen molar-refractivity contribution in [3.63, 3.8) is 0 Å². The zero-order valence-corrected chi connectivity index (χ0v) is 16.8. The number of aliphatic hydroxyl groups excluding tert-OH is 1. The number of carboxylic acids is 1. The summed E-state index contributed by atoms with van der Waals surface area (Å²) in [6, 6.07) is 9.25. The van der Waals surface area contributed by atoms with Crippen LogP contribution in [-0.2, 0) is 21.0 Å². The van der Waals surface area contributed by atoms with Gasteiger partial charge < -0.3 is 24.8 Å². The lowest BCUT2D eigenvalue weighted by Gasteiger charge is -2.09. The number of carbonyl (C=O) groups excluding carboxylic acids is 2. The highest BCUT2D eigenvalue weighted by Crippen LogP contribution is 2.28. The Bertz CT molecular complexity index is 1020. The fraction of sp³-hybridized carbons (Fsp3) is 0.174. The van der Waals surface area contributed by atoms with E-state index in [2.05, 4.69) is 0 Å². The predicted octanol–water partition coefficient (Wildman–Crippen LogP) is 2.61. The molecule has 0 saturated carbocycles. The summed E-state index contributed by atoms with van der Waals surface area (Å²) < 4.78 is 10.3. The van der Waals surface area contributed by atoms with E-state index in [0.29, 0.717) is 22.4 Å². The Labute approximate surface area is 178 Å². The van der Waals surface area contributed by atoms with Crippen molar-refractivity contribution in [3.8, 4) is 17.2 Å². The van der Waals surface area contributed by atoms with E-state index < -0.39 is 24.1 Å². The van der Waals surface area contributed by atoms with Crippen molar-refractivity contribution in [1.82, 2.24) is 0 Å². The SMILES string of the molecule is COc1cc(/C=C/C(=O)CC(=O)/C=C/c2ccc(O)c(CO)c2)ccc1OCC(=O)O. The number of aromatic hydroxyl groups is 1. The average Bonchev–Trinajstić information content (AvgIpc) is 2.75. The molecule has 162 valence electrons. The Morgan fingerprint density at radius 3 is 2.13 bits per heavy atom. The van der Waals surface area contributed by atoms with Gasteiger partial charge in [0.1, 0.15) is 5.75 Å². The summed E-state index contributed by atoms with van der Waals surface area (Å²) in [7, 11) is 1.41. The number of allylic oxidation sites excluding steroid dienone is 2. The minimum atomic E-state index is -1.12. The highest BCUT2D eigenvalue weighted by Gasteiger charge is 2.08. The molecular weight excluding hydrogens is 404 g/mol. The van der Waals surface area contributed by atoms with Crippen LogP contribution >= 0.6 is 0 Å². The van der Waals surface area contributed by atoms with Crippen molar-refractivity contribution in [1.29, 1.82) is 0 Å². The van der Waals surface area contributed by atoms with Crippen LogP contribution in [0, 0.1) is 0 Å². The Morgan fingerprint density at radius 1 is 0.935 bits per heavy atom. The molecular formula is C23H22O8. The molecule has 0 unspecified atom stereocenters. The maximum Gasteiger partial charge on any atom is 0.341 e. The van der Waals surface area contributed by atoms with E-state index in [1.165, 1.54) is 49.6 Å². The minimum absolute atomic E-state index is 0.0376. The Morgan fingerprint density at radius 2 is 1.55 bits per heavy atom. The van der Waals surface area contributed by atoms with Gasteiger partial charge >= 0.3 is 5.97 Å². The largest absolute Gasteiger partial charge is 0.508 e. The van der Waals surface area contributed by atoms with E-state index in [1.54, 1.807) is 18.2 Å². The summed E-state index contributed by atoms with van der Waals surface area (Å²) in [6.45, 7) is -0.840. The van der Waals surface area contributed by atoms with Gasteiger partial charge in [-0.05, 0) is 47.5 Å². The zero-order chi connectivity index (χ0) is 22.8. The Hall–Kier alpha value is -3.91. The number of carboxylic acid groups (broad SMARTS) is 1. The molecule has 0 aliphatic rings.